The van der Waals surface area contributed by atoms with Gasteiger partial charge in [0.2, 0.25) is 5.91 Å². The number of rotatable bonds is 7. The van der Waals surface area contributed by atoms with E-state index in [-0.39, 0.29) is 17.5 Å². The van der Waals surface area contributed by atoms with Gasteiger partial charge in [-0.25, -0.2) is 4.39 Å². The second-order valence-corrected chi connectivity index (χ2v) is 7.32. The molecule has 30 heavy (non-hydrogen) atoms. The van der Waals surface area contributed by atoms with Gasteiger partial charge in [-0.1, -0.05) is 42.1 Å². The first kappa shape index (κ1) is 19.8. The molecule has 0 fully saturated rings. The number of para-hydroxylation sites is 1. The molecule has 4 aromatic rings. The summed E-state index contributed by atoms with van der Waals surface area (Å²) >= 11 is 1.25. The zero-order valence-corrected chi connectivity index (χ0v) is 16.7. The van der Waals surface area contributed by atoms with Crippen molar-refractivity contribution in [3.63, 3.8) is 0 Å². The molecule has 150 valence electrons. The predicted octanol–water partition coefficient (Wildman–Crippen LogP) is 3.88. The van der Waals surface area contributed by atoms with Crippen LogP contribution in [0.3, 0.4) is 0 Å². The highest BCUT2D eigenvalue weighted by atomic mass is 32.2. The van der Waals surface area contributed by atoms with Gasteiger partial charge in [-0.2, -0.15) is 0 Å². The van der Waals surface area contributed by atoms with Crippen LogP contribution in [0.1, 0.15) is 5.56 Å². The van der Waals surface area contributed by atoms with Crippen LogP contribution in [0.2, 0.25) is 0 Å². The normalized spacial score (nSPS) is 10.7. The Morgan fingerprint density at radius 3 is 2.47 bits per heavy atom. The quantitative estimate of drug-likeness (QED) is 0.460. The molecule has 0 spiro atoms. The number of thioether (sulfide) groups is 1. The third-order valence-corrected chi connectivity index (χ3v) is 5.26. The lowest BCUT2D eigenvalue weighted by molar-refractivity contribution is -0.118. The molecule has 0 atom stereocenters. The summed E-state index contributed by atoms with van der Waals surface area (Å²) in [4.78, 5) is 16.3. The average molecular weight is 419 g/mol. The van der Waals surface area contributed by atoms with Crippen molar-refractivity contribution >= 4 is 17.7 Å². The second kappa shape index (κ2) is 9.32. The number of nitrogens with zero attached hydrogens (tertiary/aromatic N) is 4. The third kappa shape index (κ3) is 4.55. The van der Waals surface area contributed by atoms with Crippen LogP contribution >= 0.6 is 11.8 Å². The monoisotopic (exact) mass is 419 g/mol. The van der Waals surface area contributed by atoms with Gasteiger partial charge in [0, 0.05) is 24.6 Å². The van der Waals surface area contributed by atoms with Crippen molar-refractivity contribution in [1.29, 1.82) is 0 Å². The third-order valence-electron chi connectivity index (χ3n) is 4.33. The fourth-order valence-electron chi connectivity index (χ4n) is 2.87. The van der Waals surface area contributed by atoms with Gasteiger partial charge in [-0.05, 0) is 42.0 Å². The molecule has 2 heterocycles. The molecule has 0 aliphatic carbocycles. The second-order valence-electron chi connectivity index (χ2n) is 6.38. The van der Waals surface area contributed by atoms with Crippen LogP contribution in [0, 0.1) is 5.82 Å². The van der Waals surface area contributed by atoms with E-state index in [0.717, 1.165) is 11.3 Å². The highest BCUT2D eigenvalue weighted by Gasteiger charge is 2.19. The molecule has 8 heteroatoms. The highest BCUT2D eigenvalue weighted by Crippen LogP contribution is 2.29. The zero-order chi connectivity index (χ0) is 20.8. The maximum absolute atomic E-state index is 14.4. The minimum Gasteiger partial charge on any atom is -0.351 e. The van der Waals surface area contributed by atoms with Gasteiger partial charge in [0.05, 0.1) is 11.3 Å². The Morgan fingerprint density at radius 1 is 0.967 bits per heavy atom. The standard InChI is InChI=1S/C22H18FN5OS/c23-19-9-5-4-8-18(19)21-26-27-22(28(21)17-6-2-1-3-7-17)30-15-20(29)25-14-16-10-12-24-13-11-16/h1-13H,14-15H2,(H,25,29). The molecule has 0 aliphatic heterocycles. The fourth-order valence-corrected chi connectivity index (χ4v) is 3.65. The fraction of sp³-hybridized carbons (Fsp3) is 0.0909. The molecule has 0 radical (unpaired) electrons. The van der Waals surface area contributed by atoms with E-state index in [0.29, 0.717) is 23.1 Å². The van der Waals surface area contributed by atoms with Crippen LogP contribution in [0.4, 0.5) is 4.39 Å². The molecule has 0 unspecified atom stereocenters. The average Bonchev–Trinajstić information content (AvgIpc) is 3.21. The van der Waals surface area contributed by atoms with Crippen molar-refractivity contribution in [2.75, 3.05) is 5.75 Å². The number of nitrogens with one attached hydrogen (secondary N) is 1. The van der Waals surface area contributed by atoms with Crippen LogP contribution < -0.4 is 5.32 Å². The van der Waals surface area contributed by atoms with E-state index in [9.17, 15) is 9.18 Å². The first-order valence-electron chi connectivity index (χ1n) is 9.26. The Labute approximate surface area is 177 Å². The summed E-state index contributed by atoms with van der Waals surface area (Å²) in [5.41, 5.74) is 2.11. The molecular weight excluding hydrogens is 401 g/mol. The Hall–Kier alpha value is -3.52. The van der Waals surface area contributed by atoms with E-state index in [1.807, 2.05) is 42.5 Å². The maximum Gasteiger partial charge on any atom is 0.230 e. The molecule has 0 aliphatic rings. The number of pyridine rings is 1. The summed E-state index contributed by atoms with van der Waals surface area (Å²) in [6, 6.07) is 19.6. The van der Waals surface area contributed by atoms with Crippen LogP contribution in [0.5, 0.6) is 0 Å². The molecule has 1 N–H and O–H groups in total. The van der Waals surface area contributed by atoms with Crippen molar-refractivity contribution < 1.29 is 9.18 Å². The lowest BCUT2D eigenvalue weighted by Gasteiger charge is -2.11. The number of carbonyl (C=O) groups is 1. The summed E-state index contributed by atoms with van der Waals surface area (Å²) in [6.45, 7) is 0.424. The first-order valence-corrected chi connectivity index (χ1v) is 10.2. The first-order chi connectivity index (χ1) is 14.7. The molecule has 0 saturated carbocycles. The summed E-state index contributed by atoms with van der Waals surface area (Å²) in [5, 5.41) is 11.8. The molecule has 2 aromatic heterocycles. The Bertz CT molecular complexity index is 1130. The smallest absolute Gasteiger partial charge is 0.230 e. The van der Waals surface area contributed by atoms with E-state index >= 15 is 0 Å². The maximum atomic E-state index is 14.4. The Kier molecular flexibility index (Phi) is 6.14. The topological polar surface area (TPSA) is 72.7 Å². The lowest BCUT2D eigenvalue weighted by Crippen LogP contribution is -2.24. The number of benzene rings is 2. The molecule has 0 saturated heterocycles. The molecule has 4 rings (SSSR count). The number of carbonyl (C=O) groups excluding carboxylic acids is 1. The SMILES string of the molecule is O=C(CSc1nnc(-c2ccccc2F)n1-c1ccccc1)NCc1ccncc1. The molecule has 0 bridgehead atoms. The largest absolute Gasteiger partial charge is 0.351 e. The van der Waals surface area contributed by atoms with E-state index in [1.165, 1.54) is 17.8 Å². The minimum absolute atomic E-state index is 0.133. The van der Waals surface area contributed by atoms with Crippen molar-refractivity contribution in [3.8, 4) is 17.1 Å². The zero-order valence-electron chi connectivity index (χ0n) is 15.9. The summed E-state index contributed by atoms with van der Waals surface area (Å²) in [6.07, 6.45) is 3.37. The number of amides is 1. The summed E-state index contributed by atoms with van der Waals surface area (Å²) in [7, 11) is 0. The summed E-state index contributed by atoms with van der Waals surface area (Å²) < 4.78 is 16.2. The van der Waals surface area contributed by atoms with Crippen LogP contribution in [0.15, 0.2) is 84.3 Å². The van der Waals surface area contributed by atoms with Gasteiger partial charge in [-0.15, -0.1) is 10.2 Å². The van der Waals surface area contributed by atoms with E-state index in [4.69, 9.17) is 0 Å². The molecule has 6 nitrogen and oxygen atoms in total. The van der Waals surface area contributed by atoms with Crippen molar-refractivity contribution in [1.82, 2.24) is 25.1 Å². The van der Waals surface area contributed by atoms with Gasteiger partial charge in [0.15, 0.2) is 11.0 Å². The number of aromatic nitrogens is 4. The van der Waals surface area contributed by atoms with Gasteiger partial charge in [-0.3, -0.25) is 14.3 Å². The minimum atomic E-state index is -0.381. The lowest BCUT2D eigenvalue weighted by atomic mass is 10.2. The Balaban J connectivity index is 1.55. The number of hydrogen-bond acceptors (Lipinski definition) is 5. The van der Waals surface area contributed by atoms with Crippen LogP contribution in [0.25, 0.3) is 17.1 Å². The number of hydrogen-bond donors (Lipinski definition) is 1. The molecule has 2 aromatic carbocycles. The van der Waals surface area contributed by atoms with Gasteiger partial charge in [0.25, 0.3) is 0 Å². The molecular formula is C22H18FN5OS. The predicted molar refractivity (Wildman–Crippen MR) is 114 cm³/mol. The van der Waals surface area contributed by atoms with Crippen molar-refractivity contribution in [2.45, 2.75) is 11.7 Å². The van der Waals surface area contributed by atoms with E-state index in [2.05, 4.69) is 20.5 Å². The van der Waals surface area contributed by atoms with Gasteiger partial charge in [0.1, 0.15) is 5.82 Å². The van der Waals surface area contributed by atoms with Crippen molar-refractivity contribution in [2.24, 2.45) is 0 Å². The molecule has 1 amide bonds. The van der Waals surface area contributed by atoms with Crippen LogP contribution in [-0.4, -0.2) is 31.4 Å². The van der Waals surface area contributed by atoms with Gasteiger partial charge >= 0.3 is 0 Å². The number of halogens is 1. The highest BCUT2D eigenvalue weighted by molar-refractivity contribution is 7.99. The van der Waals surface area contributed by atoms with E-state index in [1.54, 1.807) is 35.2 Å². The van der Waals surface area contributed by atoms with Crippen molar-refractivity contribution in [3.05, 3.63) is 90.5 Å². The van der Waals surface area contributed by atoms with E-state index < -0.39 is 0 Å². The Morgan fingerprint density at radius 2 is 1.70 bits per heavy atom. The van der Waals surface area contributed by atoms with Gasteiger partial charge < -0.3 is 5.32 Å². The summed E-state index contributed by atoms with van der Waals surface area (Å²) in [5.74, 6) is 0.0347. The van der Waals surface area contributed by atoms with Crippen LogP contribution in [-0.2, 0) is 11.3 Å².